The number of phenolic OH excluding ortho intramolecular Hbond substituents is 2. The fourth-order valence-corrected chi connectivity index (χ4v) is 3.89. The van der Waals surface area contributed by atoms with Crippen molar-refractivity contribution in [3.05, 3.63) is 70.8 Å². The maximum Gasteiger partial charge on any atom is 0.174 e. The lowest BCUT2D eigenvalue weighted by molar-refractivity contribution is 0.0838. The molecule has 31 heavy (non-hydrogen) atoms. The van der Waals surface area contributed by atoms with Crippen LogP contribution in [-0.4, -0.2) is 23.1 Å². The van der Waals surface area contributed by atoms with E-state index in [0.717, 1.165) is 12.0 Å². The molecule has 0 amide bonds. The molecule has 2 N–H and O–H groups in total. The molecule has 0 radical (unpaired) electrons. The number of benzene rings is 2. The molecule has 0 unspecified atom stereocenters. The summed E-state index contributed by atoms with van der Waals surface area (Å²) in [4.78, 5) is 13.1. The molecule has 2 atom stereocenters. The molecule has 0 aromatic heterocycles. The van der Waals surface area contributed by atoms with Crippen molar-refractivity contribution in [3.63, 3.8) is 0 Å². The van der Waals surface area contributed by atoms with Gasteiger partial charge in [0.25, 0.3) is 0 Å². The molecule has 5 nitrogen and oxygen atoms in total. The van der Waals surface area contributed by atoms with E-state index in [1.54, 1.807) is 24.3 Å². The summed E-state index contributed by atoms with van der Waals surface area (Å²) in [6, 6.07) is 8.30. The van der Waals surface area contributed by atoms with E-state index >= 15 is 0 Å². The normalized spacial score (nSPS) is 16.1. The first kappa shape index (κ1) is 22.5. The Morgan fingerprint density at radius 1 is 1.26 bits per heavy atom. The molecular formula is C26H30O5. The standard InChI is InChI=1S/C26H30O5/c1-15(2)10-11-17(16(3)4)12-19-21(28)13-24(30-5)25-22(29)14-23(31-26(19)25)18-8-6-7-9-20(18)27/h6-10,13,17,23,27-28H,3,11-12,14H2,1-2,4-5H3/t17-,23-/m0/s1. The molecule has 1 aliphatic rings. The summed E-state index contributed by atoms with van der Waals surface area (Å²) < 4.78 is 11.6. The average Bonchev–Trinajstić information content (AvgIpc) is 2.71. The lowest BCUT2D eigenvalue weighted by Gasteiger charge is -2.30. The first-order valence-electron chi connectivity index (χ1n) is 10.4. The summed E-state index contributed by atoms with van der Waals surface area (Å²) in [6.45, 7) is 10.2. The van der Waals surface area contributed by atoms with Gasteiger partial charge in [-0.15, -0.1) is 0 Å². The van der Waals surface area contributed by atoms with E-state index in [1.807, 2.05) is 20.8 Å². The number of fused-ring (bicyclic) bond motifs is 1. The summed E-state index contributed by atoms with van der Waals surface area (Å²) in [6.07, 6.45) is 2.82. The van der Waals surface area contributed by atoms with Crippen molar-refractivity contribution in [1.82, 2.24) is 0 Å². The molecule has 0 saturated heterocycles. The van der Waals surface area contributed by atoms with Crippen molar-refractivity contribution >= 4 is 5.78 Å². The van der Waals surface area contributed by atoms with Crippen LogP contribution >= 0.6 is 0 Å². The van der Waals surface area contributed by atoms with Gasteiger partial charge in [0.2, 0.25) is 0 Å². The van der Waals surface area contributed by atoms with Crippen LogP contribution in [0.4, 0.5) is 0 Å². The highest BCUT2D eigenvalue weighted by Crippen LogP contribution is 2.47. The van der Waals surface area contributed by atoms with E-state index in [1.165, 1.54) is 18.7 Å². The third-order valence-corrected chi connectivity index (χ3v) is 5.70. The van der Waals surface area contributed by atoms with Gasteiger partial charge in [0.1, 0.15) is 34.7 Å². The van der Waals surface area contributed by atoms with Crippen LogP contribution in [0.2, 0.25) is 0 Å². The number of aromatic hydroxyl groups is 2. The van der Waals surface area contributed by atoms with Crippen molar-refractivity contribution in [2.24, 2.45) is 5.92 Å². The Bertz CT molecular complexity index is 1030. The minimum Gasteiger partial charge on any atom is -0.508 e. The number of carbonyl (C=O) groups excluding carboxylic acids is 1. The molecule has 1 heterocycles. The molecule has 2 aromatic rings. The number of rotatable bonds is 7. The summed E-state index contributed by atoms with van der Waals surface area (Å²) in [7, 11) is 1.46. The van der Waals surface area contributed by atoms with Crippen LogP contribution in [0.5, 0.6) is 23.0 Å². The minimum atomic E-state index is -0.646. The maximum absolute atomic E-state index is 13.1. The summed E-state index contributed by atoms with van der Waals surface area (Å²) in [5, 5.41) is 21.1. The molecule has 0 saturated carbocycles. The number of ketones is 1. The Kier molecular flexibility index (Phi) is 6.74. The number of phenols is 2. The Balaban J connectivity index is 2.09. The van der Waals surface area contributed by atoms with E-state index in [9.17, 15) is 15.0 Å². The number of allylic oxidation sites excluding steroid dienone is 3. The molecular weight excluding hydrogens is 392 g/mol. The van der Waals surface area contributed by atoms with Gasteiger partial charge in [0.05, 0.1) is 13.5 Å². The molecule has 1 aliphatic heterocycles. The Labute approximate surface area is 183 Å². The zero-order valence-corrected chi connectivity index (χ0v) is 18.6. The van der Waals surface area contributed by atoms with Gasteiger partial charge in [-0.25, -0.2) is 0 Å². The number of hydrogen-bond donors (Lipinski definition) is 2. The zero-order valence-electron chi connectivity index (χ0n) is 18.6. The van der Waals surface area contributed by atoms with Crippen LogP contribution in [0, 0.1) is 5.92 Å². The second kappa shape index (κ2) is 9.29. The highest BCUT2D eigenvalue weighted by molar-refractivity contribution is 6.03. The number of carbonyl (C=O) groups is 1. The lowest BCUT2D eigenvalue weighted by atomic mass is 9.86. The van der Waals surface area contributed by atoms with Gasteiger partial charge in [-0.3, -0.25) is 4.79 Å². The number of para-hydroxylation sites is 1. The van der Waals surface area contributed by atoms with Crippen molar-refractivity contribution in [2.75, 3.05) is 7.11 Å². The number of ether oxygens (including phenoxy) is 2. The maximum atomic E-state index is 13.1. The van der Waals surface area contributed by atoms with Gasteiger partial charge in [0.15, 0.2) is 5.78 Å². The summed E-state index contributed by atoms with van der Waals surface area (Å²) in [5.74, 6) is 0.620. The average molecular weight is 423 g/mol. The van der Waals surface area contributed by atoms with E-state index < -0.39 is 6.10 Å². The van der Waals surface area contributed by atoms with Crippen molar-refractivity contribution in [2.45, 2.75) is 46.1 Å². The van der Waals surface area contributed by atoms with E-state index in [4.69, 9.17) is 9.47 Å². The fourth-order valence-electron chi connectivity index (χ4n) is 3.89. The molecule has 0 aliphatic carbocycles. The van der Waals surface area contributed by atoms with Crippen LogP contribution in [0.1, 0.15) is 61.2 Å². The van der Waals surface area contributed by atoms with Gasteiger partial charge in [0, 0.05) is 17.2 Å². The predicted octanol–water partition coefficient (Wildman–Crippen LogP) is 5.90. The Morgan fingerprint density at radius 3 is 2.58 bits per heavy atom. The molecule has 0 spiro atoms. The largest absolute Gasteiger partial charge is 0.508 e. The van der Waals surface area contributed by atoms with E-state index in [0.29, 0.717) is 28.9 Å². The van der Waals surface area contributed by atoms with Crippen molar-refractivity contribution in [1.29, 1.82) is 0 Å². The van der Waals surface area contributed by atoms with E-state index in [2.05, 4.69) is 12.7 Å². The fraction of sp³-hybridized carbons (Fsp3) is 0.346. The number of hydrogen-bond acceptors (Lipinski definition) is 5. The van der Waals surface area contributed by atoms with Gasteiger partial charge in [-0.1, -0.05) is 42.0 Å². The van der Waals surface area contributed by atoms with Gasteiger partial charge in [-0.2, -0.15) is 0 Å². The molecule has 0 bridgehead atoms. The summed E-state index contributed by atoms with van der Waals surface area (Å²) >= 11 is 0. The quantitative estimate of drug-likeness (QED) is 0.543. The Morgan fingerprint density at radius 2 is 1.97 bits per heavy atom. The van der Waals surface area contributed by atoms with Gasteiger partial charge < -0.3 is 19.7 Å². The highest BCUT2D eigenvalue weighted by Gasteiger charge is 2.35. The highest BCUT2D eigenvalue weighted by atomic mass is 16.5. The number of Topliss-reactive ketones (excluding diaryl/α,β-unsaturated/α-hetero) is 1. The van der Waals surface area contributed by atoms with E-state index in [-0.39, 0.29) is 35.4 Å². The van der Waals surface area contributed by atoms with Gasteiger partial charge >= 0.3 is 0 Å². The van der Waals surface area contributed by atoms with Crippen LogP contribution in [0.25, 0.3) is 0 Å². The predicted molar refractivity (Wildman–Crippen MR) is 121 cm³/mol. The van der Waals surface area contributed by atoms with Crippen LogP contribution in [-0.2, 0) is 6.42 Å². The topological polar surface area (TPSA) is 76.0 Å². The third-order valence-electron chi connectivity index (χ3n) is 5.70. The minimum absolute atomic E-state index is 0.0183. The smallest absolute Gasteiger partial charge is 0.174 e. The molecule has 5 heteroatoms. The molecule has 0 fully saturated rings. The monoisotopic (exact) mass is 422 g/mol. The second-order valence-corrected chi connectivity index (χ2v) is 8.34. The number of methoxy groups -OCH3 is 1. The molecule has 3 rings (SSSR count). The Hall–Kier alpha value is -3.21. The van der Waals surface area contributed by atoms with Crippen LogP contribution in [0.15, 0.2) is 54.1 Å². The van der Waals surface area contributed by atoms with Gasteiger partial charge in [-0.05, 0) is 45.6 Å². The van der Waals surface area contributed by atoms with Crippen molar-refractivity contribution in [3.8, 4) is 23.0 Å². The van der Waals surface area contributed by atoms with Crippen LogP contribution < -0.4 is 9.47 Å². The first-order chi connectivity index (χ1) is 14.7. The second-order valence-electron chi connectivity index (χ2n) is 8.34. The molecule has 164 valence electrons. The SMILES string of the molecule is C=C(C)[C@@H](CC=C(C)C)Cc1c(O)cc(OC)c2c1O[C@H](c1ccccc1O)CC2=O. The summed E-state index contributed by atoms with van der Waals surface area (Å²) in [5.41, 5.74) is 3.62. The third kappa shape index (κ3) is 4.76. The van der Waals surface area contributed by atoms with Crippen LogP contribution in [0.3, 0.4) is 0 Å². The lowest BCUT2D eigenvalue weighted by Crippen LogP contribution is -2.23. The zero-order chi connectivity index (χ0) is 22.7. The van der Waals surface area contributed by atoms with Crippen molar-refractivity contribution < 1.29 is 24.5 Å². The first-order valence-corrected chi connectivity index (χ1v) is 10.4. The molecule has 2 aromatic carbocycles.